The summed E-state index contributed by atoms with van der Waals surface area (Å²) >= 11 is 0. The zero-order chi connectivity index (χ0) is 24.4. The quantitative estimate of drug-likeness (QED) is 0.403. The van der Waals surface area contributed by atoms with Crippen molar-refractivity contribution in [3.63, 3.8) is 0 Å². The molecule has 6 rings (SSSR count). The van der Waals surface area contributed by atoms with Crippen molar-refractivity contribution in [2.24, 2.45) is 24.6 Å². The zero-order valence-electron chi connectivity index (χ0n) is 20.7. The van der Waals surface area contributed by atoms with Gasteiger partial charge in [-0.2, -0.15) is 0 Å². The summed E-state index contributed by atoms with van der Waals surface area (Å²) in [7, 11) is 1.97. The standard InChI is InChI=1S/C29H30N4O2.ClH/c1-16(2)27(30)17-11-12-19-23(14-17)33-13-7-6-10-22(33)24(19)26-25(28(34)31-29(26)35)20-15-32(3)21-9-5-4-8-18(20)21;/h4-10,13,15-17,27H,11-12,14,30H2,1-3H3,(H,31,34,35);1H/t17-,27-;/m0./s1. The van der Waals surface area contributed by atoms with Crippen LogP contribution in [0.1, 0.15) is 42.7 Å². The van der Waals surface area contributed by atoms with Gasteiger partial charge in [-0.05, 0) is 54.9 Å². The van der Waals surface area contributed by atoms with Crippen molar-refractivity contribution >= 4 is 51.8 Å². The van der Waals surface area contributed by atoms with E-state index in [0.717, 1.165) is 46.8 Å². The number of hydrogen-bond donors (Lipinski definition) is 2. The number of benzene rings is 1. The molecule has 0 saturated carbocycles. The summed E-state index contributed by atoms with van der Waals surface area (Å²) in [5, 5.41) is 3.57. The van der Waals surface area contributed by atoms with E-state index >= 15 is 0 Å². The summed E-state index contributed by atoms with van der Waals surface area (Å²) in [6, 6.07) is 14.2. The Labute approximate surface area is 216 Å². The Morgan fingerprint density at radius 1 is 1.00 bits per heavy atom. The molecule has 4 aromatic rings. The smallest absolute Gasteiger partial charge is 0.259 e. The minimum absolute atomic E-state index is 0. The van der Waals surface area contributed by atoms with Gasteiger partial charge in [0, 0.05) is 53.2 Å². The van der Waals surface area contributed by atoms with E-state index < -0.39 is 0 Å². The highest BCUT2D eigenvalue weighted by Gasteiger charge is 2.39. The first-order valence-electron chi connectivity index (χ1n) is 12.4. The average molecular weight is 503 g/mol. The lowest BCUT2D eigenvalue weighted by Crippen LogP contribution is -2.38. The summed E-state index contributed by atoms with van der Waals surface area (Å²) < 4.78 is 4.21. The maximum Gasteiger partial charge on any atom is 0.259 e. The van der Waals surface area contributed by atoms with Crippen LogP contribution in [0.4, 0.5) is 0 Å². The number of halogens is 1. The van der Waals surface area contributed by atoms with Crippen molar-refractivity contribution in [1.29, 1.82) is 0 Å². The molecule has 4 heterocycles. The van der Waals surface area contributed by atoms with Crippen LogP contribution in [0.25, 0.3) is 27.6 Å². The van der Waals surface area contributed by atoms with Crippen LogP contribution < -0.4 is 11.1 Å². The molecule has 0 bridgehead atoms. The summed E-state index contributed by atoms with van der Waals surface area (Å²) in [6.45, 7) is 4.36. The van der Waals surface area contributed by atoms with Gasteiger partial charge in [-0.25, -0.2) is 0 Å². The van der Waals surface area contributed by atoms with Crippen LogP contribution >= 0.6 is 12.4 Å². The van der Waals surface area contributed by atoms with Gasteiger partial charge >= 0.3 is 0 Å². The lowest BCUT2D eigenvalue weighted by molar-refractivity contribution is -0.122. The average Bonchev–Trinajstić information content (AvgIpc) is 3.46. The molecule has 1 aromatic carbocycles. The van der Waals surface area contributed by atoms with E-state index in [4.69, 9.17) is 5.73 Å². The third kappa shape index (κ3) is 3.51. The van der Waals surface area contributed by atoms with Gasteiger partial charge in [0.05, 0.1) is 16.7 Å². The van der Waals surface area contributed by atoms with E-state index in [-0.39, 0.29) is 30.3 Å². The molecule has 3 aromatic heterocycles. The molecule has 186 valence electrons. The Kier molecular flexibility index (Phi) is 6.05. The largest absolute Gasteiger partial charge is 0.350 e. The number of aryl methyl sites for hydroxylation is 1. The van der Waals surface area contributed by atoms with Crippen LogP contribution in [0.2, 0.25) is 0 Å². The SMILES string of the molecule is CC(C)[C@H](N)[C@H]1CCc2c(C3=C(c4cn(C)c5ccccc45)C(=O)NC3=O)c3ccccn3c2C1.Cl. The normalized spacial score (nSPS) is 18.6. The van der Waals surface area contributed by atoms with E-state index in [9.17, 15) is 9.59 Å². The van der Waals surface area contributed by atoms with Crippen LogP contribution in [0, 0.1) is 11.8 Å². The highest BCUT2D eigenvalue weighted by Crippen LogP contribution is 2.43. The topological polar surface area (TPSA) is 81.5 Å². The molecule has 0 unspecified atom stereocenters. The van der Waals surface area contributed by atoms with Crippen LogP contribution in [0.3, 0.4) is 0 Å². The monoisotopic (exact) mass is 502 g/mol. The first-order chi connectivity index (χ1) is 16.9. The number of nitrogens with one attached hydrogen (secondary N) is 1. The molecule has 0 radical (unpaired) electrons. The number of aromatic nitrogens is 2. The molecule has 1 aliphatic heterocycles. The predicted molar refractivity (Wildman–Crippen MR) is 146 cm³/mol. The number of nitrogens with two attached hydrogens (primary N) is 1. The summed E-state index contributed by atoms with van der Waals surface area (Å²) in [5.41, 5.74) is 13.6. The third-order valence-electron chi connectivity index (χ3n) is 7.94. The number of carbonyl (C=O) groups is 2. The summed E-state index contributed by atoms with van der Waals surface area (Å²) in [4.78, 5) is 26.6. The van der Waals surface area contributed by atoms with Crippen molar-refractivity contribution in [1.82, 2.24) is 14.3 Å². The van der Waals surface area contributed by atoms with Gasteiger partial charge in [0.1, 0.15) is 0 Å². The van der Waals surface area contributed by atoms with Crippen LogP contribution in [-0.2, 0) is 29.5 Å². The Morgan fingerprint density at radius 2 is 1.69 bits per heavy atom. The molecule has 1 aliphatic carbocycles. The van der Waals surface area contributed by atoms with Gasteiger partial charge in [0.15, 0.2) is 0 Å². The van der Waals surface area contributed by atoms with Crippen LogP contribution in [0.5, 0.6) is 0 Å². The Hall–Kier alpha value is -3.35. The van der Waals surface area contributed by atoms with Gasteiger partial charge in [0.2, 0.25) is 0 Å². The molecule has 2 amide bonds. The number of fused-ring (bicyclic) bond motifs is 4. The zero-order valence-corrected chi connectivity index (χ0v) is 21.6. The molecule has 36 heavy (non-hydrogen) atoms. The number of imide groups is 1. The summed E-state index contributed by atoms with van der Waals surface area (Å²) in [5.74, 6) is 0.143. The van der Waals surface area contributed by atoms with E-state index in [2.05, 4.69) is 35.8 Å². The van der Waals surface area contributed by atoms with Crippen molar-refractivity contribution in [3.8, 4) is 0 Å². The van der Waals surface area contributed by atoms with Gasteiger partial charge in [-0.3, -0.25) is 14.9 Å². The fraction of sp³-hybridized carbons (Fsp3) is 0.310. The molecule has 0 fully saturated rings. The summed E-state index contributed by atoms with van der Waals surface area (Å²) in [6.07, 6.45) is 6.70. The Bertz CT molecular complexity index is 1560. The third-order valence-corrected chi connectivity index (χ3v) is 7.94. The first-order valence-corrected chi connectivity index (χ1v) is 12.4. The van der Waals surface area contributed by atoms with Crippen molar-refractivity contribution in [2.75, 3.05) is 0 Å². The Balaban J connectivity index is 0.00000267. The van der Waals surface area contributed by atoms with E-state index in [1.54, 1.807) is 0 Å². The fourth-order valence-corrected chi connectivity index (χ4v) is 6.14. The second kappa shape index (κ2) is 8.95. The molecule has 0 spiro atoms. The minimum Gasteiger partial charge on any atom is -0.350 e. The maximum atomic E-state index is 13.4. The molecule has 6 nitrogen and oxygen atoms in total. The maximum absolute atomic E-state index is 13.4. The second-order valence-corrected chi connectivity index (χ2v) is 10.3. The highest BCUT2D eigenvalue weighted by atomic mass is 35.5. The number of carbonyl (C=O) groups excluding carboxylic acids is 2. The molecule has 0 saturated heterocycles. The molecular weight excluding hydrogens is 472 g/mol. The predicted octanol–water partition coefficient (Wildman–Crippen LogP) is 4.51. The highest BCUT2D eigenvalue weighted by molar-refractivity contribution is 6.50. The van der Waals surface area contributed by atoms with Gasteiger partial charge < -0.3 is 14.7 Å². The first kappa shape index (κ1) is 24.3. The fourth-order valence-electron chi connectivity index (χ4n) is 6.14. The number of rotatable bonds is 4. The Morgan fingerprint density at radius 3 is 2.47 bits per heavy atom. The molecular formula is C29H31ClN4O2. The molecule has 3 N–H and O–H groups in total. The number of amides is 2. The van der Waals surface area contributed by atoms with Crippen molar-refractivity contribution in [3.05, 3.63) is 77.2 Å². The second-order valence-electron chi connectivity index (χ2n) is 10.3. The van der Waals surface area contributed by atoms with Crippen molar-refractivity contribution in [2.45, 2.75) is 39.2 Å². The van der Waals surface area contributed by atoms with E-state index in [1.807, 2.05) is 54.2 Å². The van der Waals surface area contributed by atoms with Gasteiger partial charge in [0.25, 0.3) is 11.8 Å². The molecule has 2 aliphatic rings. The number of nitrogens with zero attached hydrogens (tertiary/aromatic N) is 2. The van der Waals surface area contributed by atoms with Crippen LogP contribution in [0.15, 0.2) is 54.9 Å². The van der Waals surface area contributed by atoms with Crippen LogP contribution in [-0.4, -0.2) is 26.8 Å². The van der Waals surface area contributed by atoms with Crippen molar-refractivity contribution < 1.29 is 9.59 Å². The molecule has 7 heteroatoms. The molecule has 2 atom stereocenters. The lowest BCUT2D eigenvalue weighted by Gasteiger charge is -2.30. The minimum atomic E-state index is -0.332. The lowest BCUT2D eigenvalue weighted by atomic mass is 9.78. The number of para-hydroxylation sites is 1. The van der Waals surface area contributed by atoms with Gasteiger partial charge in [-0.15, -0.1) is 12.4 Å². The van der Waals surface area contributed by atoms with Gasteiger partial charge in [-0.1, -0.05) is 38.1 Å². The van der Waals surface area contributed by atoms with E-state index in [0.29, 0.717) is 23.0 Å². The number of hydrogen-bond acceptors (Lipinski definition) is 3. The van der Waals surface area contributed by atoms with E-state index in [1.165, 1.54) is 11.3 Å². The number of pyridine rings is 1.